The molecular weight excluding hydrogens is 1020 g/mol. The van der Waals surface area contributed by atoms with Crippen molar-refractivity contribution in [2.75, 3.05) is 184 Å². The van der Waals surface area contributed by atoms with Crippen molar-refractivity contribution in [3.8, 4) is 0 Å². The van der Waals surface area contributed by atoms with Crippen LogP contribution in [0.3, 0.4) is 0 Å². The Morgan fingerprint density at radius 1 is 0.456 bits per heavy atom. The smallest absolute Gasteiger partial charge is 0.0977 e. The van der Waals surface area contributed by atoms with E-state index in [1.807, 2.05) is 0 Å². The van der Waals surface area contributed by atoms with Crippen LogP contribution in [0.5, 0.6) is 0 Å². The van der Waals surface area contributed by atoms with Gasteiger partial charge in [0, 0.05) is 107 Å². The molecule has 79 heavy (non-hydrogen) atoms. The summed E-state index contributed by atoms with van der Waals surface area (Å²) in [5, 5.41) is 6.58. The average molecular weight is 1140 g/mol. The zero-order valence-corrected chi connectivity index (χ0v) is 54.2. The largest absolute Gasteiger partial charge is 0.381 e. The normalized spacial score (nSPS) is 35.5. The molecule has 12 heterocycles. The van der Waals surface area contributed by atoms with E-state index in [2.05, 4.69) is 108 Å². The maximum Gasteiger partial charge on any atom is 0.0977 e. The summed E-state index contributed by atoms with van der Waals surface area (Å²) < 4.78 is 33.8. The highest BCUT2D eigenvalue weighted by molar-refractivity contribution is 8.03. The Kier molecular flexibility index (Phi) is 20.7. The van der Waals surface area contributed by atoms with E-state index in [-0.39, 0.29) is 4.75 Å². The molecule has 0 aromatic carbocycles. The van der Waals surface area contributed by atoms with Crippen LogP contribution in [0.1, 0.15) is 162 Å². The fourth-order valence-corrected chi connectivity index (χ4v) is 22.7. The van der Waals surface area contributed by atoms with Crippen molar-refractivity contribution in [3.63, 3.8) is 0 Å². The van der Waals surface area contributed by atoms with Crippen LogP contribution in [-0.2, 0) is 28.5 Å². The SMILES string of the molecule is C=S1(=O)CC2(CN(C)C2)C1.C=S1(=O)CCC12CN(C)C2.CC1CCCC12CNC2.CC1COC12CNC2.CN1CC2(CCCCC2)C1.CN1CCC2(CCCC2)CC1.CN1CCC2(CCOC2)CC1.CN1CCCC2(CCC2)C1. The lowest BCUT2D eigenvalue weighted by molar-refractivity contribution is -0.220. The third kappa shape index (κ3) is 15.3. The molecule has 0 aromatic rings. The Morgan fingerprint density at radius 2 is 0.962 bits per heavy atom. The lowest BCUT2D eigenvalue weighted by Gasteiger charge is -2.56. The van der Waals surface area contributed by atoms with Gasteiger partial charge < -0.3 is 49.5 Å². The van der Waals surface area contributed by atoms with Crippen LogP contribution >= 0.6 is 0 Å². The van der Waals surface area contributed by atoms with Crippen LogP contribution in [0.4, 0.5) is 0 Å². The van der Waals surface area contributed by atoms with Crippen molar-refractivity contribution in [2.24, 2.45) is 44.3 Å². The first-order valence-electron chi connectivity index (χ1n) is 32.9. The predicted molar refractivity (Wildman–Crippen MR) is 337 cm³/mol. The van der Waals surface area contributed by atoms with Gasteiger partial charge in [0.15, 0.2) is 0 Å². The van der Waals surface area contributed by atoms with E-state index in [1.165, 1.54) is 207 Å². The number of hydrogen-bond donors (Lipinski definition) is 2. The maximum absolute atomic E-state index is 11.6. The van der Waals surface area contributed by atoms with E-state index in [0.29, 0.717) is 16.4 Å². The van der Waals surface area contributed by atoms with Gasteiger partial charge in [-0.1, -0.05) is 65.2 Å². The standard InChI is InChI=1S/C10H19N.C9H17NO.2C9H17N.C8H15N.2C7H13NOS.C6H11NO/c1-11-8-6-10(7-9-11)4-2-3-5-10;1-10-5-2-9(3-6-10)4-7-11-8-9;1-10-7-3-6-9(8-10)4-2-5-9;1-10-7-9(8-10)5-3-2-4-6-9;1-7-3-2-4-8(7)5-9-6-8;1-8-3-7(4-8)5-10(2,9)6-7;1-8-5-7(6-8)3-4-10(7,2)9;1-5-2-8-6(5)3-7-4-6/h2-9H2,1H3;2-8H2,1H3;2*2-8H2,1H3;7,9H,2-6H2,1H3;2*2-6H2,1H3;5,7H,2-4H2,1H3. The number of hydrogen-bond acceptors (Lipinski definition) is 12. The van der Waals surface area contributed by atoms with Crippen molar-refractivity contribution in [2.45, 2.75) is 172 Å². The number of ether oxygens (including phenoxy) is 2. The van der Waals surface area contributed by atoms with Crippen molar-refractivity contribution in [1.29, 1.82) is 0 Å². The topological polar surface area (TPSA) is 96.1 Å². The van der Waals surface area contributed by atoms with Crippen molar-refractivity contribution in [3.05, 3.63) is 0 Å². The molecule has 14 heteroatoms. The molecule has 4 saturated carbocycles. The molecule has 12 saturated heterocycles. The van der Waals surface area contributed by atoms with Crippen LogP contribution in [-0.4, -0.2) is 244 Å². The van der Waals surface area contributed by atoms with Crippen LogP contribution < -0.4 is 10.6 Å². The van der Waals surface area contributed by atoms with E-state index < -0.39 is 19.0 Å². The van der Waals surface area contributed by atoms with Gasteiger partial charge in [-0.3, -0.25) is 8.42 Å². The first-order chi connectivity index (χ1) is 37.5. The maximum atomic E-state index is 11.6. The molecule has 12 aliphatic heterocycles. The number of nitrogens with one attached hydrogen (secondary N) is 2. The second kappa shape index (κ2) is 25.9. The van der Waals surface area contributed by atoms with E-state index in [1.54, 1.807) is 0 Å². The fourth-order valence-electron chi connectivity index (χ4n) is 18.0. The Hall–Kier alpha value is -0.360. The minimum Gasteiger partial charge on any atom is -0.381 e. The summed E-state index contributed by atoms with van der Waals surface area (Å²) in [6.45, 7) is 27.4. The van der Waals surface area contributed by atoms with Gasteiger partial charge in [-0.2, -0.15) is 0 Å². The first kappa shape index (κ1) is 63.2. The summed E-state index contributed by atoms with van der Waals surface area (Å²) >= 11 is 0. The predicted octanol–water partition coefficient (Wildman–Crippen LogP) is 7.99. The summed E-state index contributed by atoms with van der Waals surface area (Å²) in [6.07, 6.45) is 33.6. The van der Waals surface area contributed by atoms with E-state index in [4.69, 9.17) is 9.47 Å². The van der Waals surface area contributed by atoms with Gasteiger partial charge >= 0.3 is 0 Å². The van der Waals surface area contributed by atoms with Crippen LogP contribution in [0.25, 0.3) is 0 Å². The average Bonchev–Trinajstić information content (AvgIpc) is 4.12. The van der Waals surface area contributed by atoms with Gasteiger partial charge in [-0.05, 0) is 235 Å². The lowest BCUT2D eigenvalue weighted by atomic mass is 9.64. The summed E-state index contributed by atoms with van der Waals surface area (Å²) in [4.78, 5) is 14.3. The summed E-state index contributed by atoms with van der Waals surface area (Å²) in [5.74, 6) is 11.9. The molecule has 0 aromatic heterocycles. The van der Waals surface area contributed by atoms with E-state index in [0.717, 1.165) is 116 Å². The third-order valence-corrected chi connectivity index (χ3v) is 29.3. The Bertz CT molecular complexity index is 2060. The fraction of sp³-hybridized carbons (Fsp3) is 0.969. The molecule has 2 N–H and O–H groups in total. The highest BCUT2D eigenvalue weighted by Gasteiger charge is 2.55. The van der Waals surface area contributed by atoms with Crippen LogP contribution in [0, 0.1) is 44.3 Å². The zero-order valence-electron chi connectivity index (χ0n) is 52.5. The lowest BCUT2D eigenvalue weighted by Crippen LogP contribution is -2.71. The molecule has 8 spiro atoms. The number of piperidine rings is 3. The molecule has 16 aliphatic rings. The van der Waals surface area contributed by atoms with Crippen molar-refractivity contribution >= 4 is 30.8 Å². The quantitative estimate of drug-likeness (QED) is 0.231. The molecule has 0 bridgehead atoms. The molecule has 0 amide bonds. The molecule has 16 rings (SSSR count). The molecule has 0 radical (unpaired) electrons. The minimum atomic E-state index is -1.66. The van der Waals surface area contributed by atoms with E-state index in [9.17, 15) is 8.42 Å². The molecule has 3 unspecified atom stereocenters. The van der Waals surface area contributed by atoms with Gasteiger partial charge in [0.1, 0.15) is 0 Å². The van der Waals surface area contributed by atoms with Gasteiger partial charge in [-0.15, -0.1) is 0 Å². The number of rotatable bonds is 0. The molecule has 458 valence electrons. The summed E-state index contributed by atoms with van der Waals surface area (Å²) in [6, 6.07) is 0. The summed E-state index contributed by atoms with van der Waals surface area (Å²) in [7, 11) is 9.88. The molecule has 16 fully saturated rings. The highest BCUT2D eigenvalue weighted by Crippen LogP contribution is 2.49. The Balaban J connectivity index is 0.000000110. The Morgan fingerprint density at radius 3 is 1.28 bits per heavy atom. The molecule has 3 atom stereocenters. The number of likely N-dealkylation sites (tertiary alicyclic amines) is 6. The van der Waals surface area contributed by atoms with Crippen LogP contribution in [0.15, 0.2) is 0 Å². The third-order valence-electron chi connectivity index (χ3n) is 24.2. The molecule has 12 nitrogen and oxygen atoms in total. The first-order valence-corrected chi connectivity index (χ1v) is 36.9. The highest BCUT2D eigenvalue weighted by atomic mass is 32.2. The second-order valence-corrected chi connectivity index (χ2v) is 36.6. The zero-order chi connectivity index (χ0) is 56.3. The number of nitrogens with zero attached hydrogens (tertiary/aromatic N) is 6. The molecular formula is C65H122N8O4S2. The minimum absolute atomic E-state index is 0.155. The van der Waals surface area contributed by atoms with Crippen molar-refractivity contribution in [1.82, 2.24) is 40.0 Å². The van der Waals surface area contributed by atoms with Gasteiger partial charge in [0.05, 0.1) is 23.6 Å². The second-order valence-electron chi connectivity index (χ2n) is 31.2. The van der Waals surface area contributed by atoms with Gasteiger partial charge in [0.25, 0.3) is 0 Å². The van der Waals surface area contributed by atoms with Crippen LogP contribution in [0.2, 0.25) is 0 Å². The van der Waals surface area contributed by atoms with Crippen molar-refractivity contribution < 1.29 is 17.9 Å². The van der Waals surface area contributed by atoms with E-state index >= 15 is 0 Å². The molecule has 4 aliphatic carbocycles. The Labute approximate surface area is 486 Å². The monoisotopic (exact) mass is 1140 g/mol. The van der Waals surface area contributed by atoms with Gasteiger partial charge in [0.2, 0.25) is 0 Å². The summed E-state index contributed by atoms with van der Waals surface area (Å²) in [5.41, 5.74) is 4.49. The van der Waals surface area contributed by atoms with Gasteiger partial charge in [-0.25, -0.2) is 0 Å².